The van der Waals surface area contributed by atoms with E-state index in [1.807, 2.05) is 0 Å². The second-order valence-corrected chi connectivity index (χ2v) is 4.58. The van der Waals surface area contributed by atoms with Crippen molar-refractivity contribution in [3.63, 3.8) is 0 Å². The molecule has 0 N–H and O–H groups in total. The number of ketones is 2. The van der Waals surface area contributed by atoms with Gasteiger partial charge in [-0.05, 0) is 31.2 Å². The van der Waals surface area contributed by atoms with E-state index in [0.717, 1.165) is 0 Å². The first-order chi connectivity index (χ1) is 9.97. The summed E-state index contributed by atoms with van der Waals surface area (Å²) in [6.45, 7) is 2.79. The van der Waals surface area contributed by atoms with Crippen LogP contribution in [0.1, 0.15) is 40.1 Å². The maximum absolute atomic E-state index is 12.3. The first kappa shape index (κ1) is 14.7. The third-order valence-electron chi connectivity index (χ3n) is 2.93. The molecule has 0 saturated carbocycles. The van der Waals surface area contributed by atoms with Gasteiger partial charge in [-0.2, -0.15) is 0 Å². The lowest BCUT2D eigenvalue weighted by Gasteiger charge is -2.04. The maximum atomic E-state index is 12.3. The van der Waals surface area contributed by atoms with Crippen molar-refractivity contribution >= 4 is 17.5 Å². The second-order valence-electron chi connectivity index (χ2n) is 4.58. The highest BCUT2D eigenvalue weighted by molar-refractivity contribution is 6.09. The van der Waals surface area contributed by atoms with Crippen LogP contribution in [0.4, 0.5) is 0 Å². The molecule has 4 heteroatoms. The van der Waals surface area contributed by atoms with E-state index in [2.05, 4.69) is 0 Å². The molecule has 0 spiro atoms. The van der Waals surface area contributed by atoms with E-state index >= 15 is 0 Å². The van der Waals surface area contributed by atoms with E-state index in [0.29, 0.717) is 22.4 Å². The first-order valence-electron chi connectivity index (χ1n) is 6.41. The van der Waals surface area contributed by atoms with Crippen molar-refractivity contribution in [1.82, 2.24) is 0 Å². The van der Waals surface area contributed by atoms with E-state index in [1.165, 1.54) is 13.8 Å². The Morgan fingerprint density at radius 3 is 1.57 bits per heavy atom. The molecule has 0 unspecified atom stereocenters. The molecule has 0 aliphatic carbocycles. The van der Waals surface area contributed by atoms with E-state index in [-0.39, 0.29) is 11.6 Å². The molecule has 2 rings (SSSR count). The molecule has 2 aromatic carbocycles. The third kappa shape index (κ3) is 3.63. The zero-order valence-electron chi connectivity index (χ0n) is 11.8. The predicted molar refractivity (Wildman–Crippen MR) is 77.6 cm³/mol. The Balaban J connectivity index is 2.19. The van der Waals surface area contributed by atoms with E-state index in [4.69, 9.17) is 4.74 Å². The highest BCUT2D eigenvalue weighted by Gasteiger charge is 2.10. The number of Topliss-reactive ketones (excluding diaryl/α,β-unsaturated/α-hetero) is 1. The number of hydrogen-bond donors (Lipinski definition) is 0. The summed E-state index contributed by atoms with van der Waals surface area (Å²) in [7, 11) is 0. The number of carbonyl (C=O) groups is 3. The van der Waals surface area contributed by atoms with Crippen molar-refractivity contribution in [2.45, 2.75) is 13.8 Å². The minimum absolute atomic E-state index is 0.0419. The van der Waals surface area contributed by atoms with Gasteiger partial charge < -0.3 is 4.74 Å². The molecule has 0 fully saturated rings. The van der Waals surface area contributed by atoms with Crippen LogP contribution < -0.4 is 4.74 Å². The summed E-state index contributed by atoms with van der Waals surface area (Å²) in [4.78, 5) is 34.3. The normalized spacial score (nSPS) is 10.0. The number of ether oxygens (including phenoxy) is 1. The number of benzene rings is 2. The van der Waals surface area contributed by atoms with Crippen molar-refractivity contribution in [1.29, 1.82) is 0 Å². The van der Waals surface area contributed by atoms with Crippen LogP contribution in [0.15, 0.2) is 48.5 Å². The van der Waals surface area contributed by atoms with Gasteiger partial charge in [0.05, 0.1) is 0 Å². The van der Waals surface area contributed by atoms with Crippen LogP contribution in [0.25, 0.3) is 0 Å². The topological polar surface area (TPSA) is 60.4 Å². The lowest BCUT2D eigenvalue weighted by atomic mass is 10.0. The Bertz CT molecular complexity index is 682. The summed E-state index contributed by atoms with van der Waals surface area (Å²) in [6.07, 6.45) is 0. The van der Waals surface area contributed by atoms with Gasteiger partial charge in [0.15, 0.2) is 11.6 Å². The second kappa shape index (κ2) is 6.13. The number of carbonyl (C=O) groups excluding carboxylic acids is 3. The number of hydrogen-bond acceptors (Lipinski definition) is 4. The molecule has 0 bridgehead atoms. The minimum Gasteiger partial charge on any atom is -0.427 e. The molecule has 0 aliphatic rings. The van der Waals surface area contributed by atoms with Gasteiger partial charge in [0.2, 0.25) is 0 Å². The Labute approximate surface area is 122 Å². The van der Waals surface area contributed by atoms with Crippen molar-refractivity contribution in [3.8, 4) is 5.75 Å². The summed E-state index contributed by atoms with van der Waals surface area (Å²) < 4.78 is 4.91. The van der Waals surface area contributed by atoms with Gasteiger partial charge in [-0.25, -0.2) is 0 Å². The summed E-state index contributed by atoms with van der Waals surface area (Å²) in [6, 6.07) is 12.8. The molecule has 0 heterocycles. The van der Waals surface area contributed by atoms with Crippen molar-refractivity contribution in [2.75, 3.05) is 0 Å². The van der Waals surface area contributed by atoms with Crippen LogP contribution in [0, 0.1) is 0 Å². The van der Waals surface area contributed by atoms with E-state index in [9.17, 15) is 14.4 Å². The van der Waals surface area contributed by atoms with E-state index in [1.54, 1.807) is 48.5 Å². The van der Waals surface area contributed by atoms with Gasteiger partial charge in [0.1, 0.15) is 5.75 Å². The molecule has 0 atom stereocenters. The van der Waals surface area contributed by atoms with Gasteiger partial charge >= 0.3 is 5.97 Å². The Hall–Kier alpha value is -2.75. The molecule has 2 aromatic rings. The summed E-state index contributed by atoms with van der Waals surface area (Å²) in [5.74, 6) is -0.209. The third-order valence-corrected chi connectivity index (χ3v) is 2.93. The molecular formula is C17H14O4. The lowest BCUT2D eigenvalue weighted by Crippen LogP contribution is -2.04. The Morgan fingerprint density at radius 1 is 0.714 bits per heavy atom. The summed E-state index contributed by atoms with van der Waals surface area (Å²) in [5, 5.41) is 0. The number of esters is 1. The average molecular weight is 282 g/mol. The molecule has 0 aliphatic heterocycles. The highest BCUT2D eigenvalue weighted by Crippen LogP contribution is 2.16. The quantitative estimate of drug-likeness (QED) is 0.491. The van der Waals surface area contributed by atoms with Crippen LogP contribution in [-0.2, 0) is 4.79 Å². The van der Waals surface area contributed by atoms with Crippen molar-refractivity contribution in [2.24, 2.45) is 0 Å². The molecule has 21 heavy (non-hydrogen) atoms. The molecule has 0 aromatic heterocycles. The predicted octanol–water partition coefficient (Wildman–Crippen LogP) is 3.05. The Morgan fingerprint density at radius 2 is 1.14 bits per heavy atom. The zero-order valence-corrected chi connectivity index (χ0v) is 11.8. The molecule has 0 amide bonds. The SMILES string of the molecule is CC(=O)Oc1ccc(C(=O)c2ccc(C(C)=O)cc2)cc1. The summed E-state index contributed by atoms with van der Waals surface area (Å²) >= 11 is 0. The molecule has 106 valence electrons. The maximum Gasteiger partial charge on any atom is 0.308 e. The first-order valence-corrected chi connectivity index (χ1v) is 6.41. The van der Waals surface area contributed by atoms with Crippen molar-refractivity contribution < 1.29 is 19.1 Å². The average Bonchev–Trinajstić information content (AvgIpc) is 2.47. The van der Waals surface area contributed by atoms with Gasteiger partial charge in [-0.3, -0.25) is 14.4 Å². The van der Waals surface area contributed by atoms with Crippen molar-refractivity contribution in [3.05, 3.63) is 65.2 Å². The molecule has 4 nitrogen and oxygen atoms in total. The van der Waals surface area contributed by atoms with Crippen LogP contribution in [0.5, 0.6) is 5.75 Å². The van der Waals surface area contributed by atoms with Gasteiger partial charge in [-0.15, -0.1) is 0 Å². The highest BCUT2D eigenvalue weighted by atomic mass is 16.5. The largest absolute Gasteiger partial charge is 0.427 e. The van der Waals surface area contributed by atoms with Gasteiger partial charge in [-0.1, -0.05) is 24.3 Å². The standard InChI is InChI=1S/C17H14O4/c1-11(18)13-3-5-14(6-4-13)17(20)15-7-9-16(10-8-15)21-12(2)19/h3-10H,1-2H3. The fraction of sp³-hybridized carbons (Fsp3) is 0.118. The van der Waals surface area contributed by atoms with Crippen LogP contribution in [0.2, 0.25) is 0 Å². The fourth-order valence-corrected chi connectivity index (χ4v) is 1.86. The monoisotopic (exact) mass is 282 g/mol. The van der Waals surface area contributed by atoms with E-state index < -0.39 is 5.97 Å². The minimum atomic E-state index is -0.408. The van der Waals surface area contributed by atoms with Crippen LogP contribution in [0.3, 0.4) is 0 Å². The lowest BCUT2D eigenvalue weighted by molar-refractivity contribution is -0.131. The van der Waals surface area contributed by atoms with Gasteiger partial charge in [0, 0.05) is 23.6 Å². The molecular weight excluding hydrogens is 268 g/mol. The smallest absolute Gasteiger partial charge is 0.308 e. The summed E-state index contributed by atoms with van der Waals surface area (Å²) in [5.41, 5.74) is 1.55. The number of rotatable bonds is 4. The fourth-order valence-electron chi connectivity index (χ4n) is 1.86. The zero-order chi connectivity index (χ0) is 15.4. The molecule has 0 radical (unpaired) electrons. The molecule has 0 saturated heterocycles. The van der Waals surface area contributed by atoms with Crippen LogP contribution in [-0.4, -0.2) is 17.5 Å². The van der Waals surface area contributed by atoms with Gasteiger partial charge in [0.25, 0.3) is 0 Å². The Kier molecular flexibility index (Phi) is 4.28. The van der Waals surface area contributed by atoms with Crippen LogP contribution >= 0.6 is 0 Å².